The molecule has 2 aromatic rings. The van der Waals surface area contributed by atoms with Crippen LogP contribution in [0.25, 0.3) is 0 Å². The maximum atomic E-state index is 12.8. The Balaban J connectivity index is 1.77. The molecule has 0 bridgehead atoms. The van der Waals surface area contributed by atoms with Crippen molar-refractivity contribution in [3.8, 4) is 0 Å². The average molecular weight is 346 g/mol. The second-order valence-corrected chi connectivity index (χ2v) is 7.29. The summed E-state index contributed by atoms with van der Waals surface area (Å²) in [5, 5.41) is 9.27. The first-order valence-corrected chi connectivity index (χ1v) is 8.90. The highest BCUT2D eigenvalue weighted by atomic mass is 32.1. The summed E-state index contributed by atoms with van der Waals surface area (Å²) in [6.45, 7) is 2.58. The second kappa shape index (κ2) is 6.76. The third-order valence-corrected chi connectivity index (χ3v) is 5.68. The molecule has 1 N–H and O–H groups in total. The highest BCUT2D eigenvalue weighted by Gasteiger charge is 2.39. The Hall–Kier alpha value is -2.15. The van der Waals surface area contributed by atoms with E-state index in [1.807, 2.05) is 25.5 Å². The molecule has 128 valence electrons. The number of likely N-dealkylation sites (tertiary alicyclic amines) is 1. The van der Waals surface area contributed by atoms with Crippen molar-refractivity contribution in [1.82, 2.24) is 20.0 Å². The number of thiophene rings is 1. The number of nitrogens with one attached hydrogen (secondary N) is 1. The van der Waals surface area contributed by atoms with Gasteiger partial charge in [0.25, 0.3) is 0 Å². The van der Waals surface area contributed by atoms with Crippen LogP contribution >= 0.6 is 11.3 Å². The summed E-state index contributed by atoms with van der Waals surface area (Å²) < 4.78 is 1.70. The minimum atomic E-state index is -0.260. The molecule has 0 aliphatic carbocycles. The first-order chi connectivity index (χ1) is 11.5. The molecule has 0 saturated carbocycles. The Labute approximate surface area is 145 Å². The van der Waals surface area contributed by atoms with Crippen molar-refractivity contribution in [2.45, 2.75) is 32.4 Å². The first-order valence-electron chi connectivity index (χ1n) is 8.02. The standard InChI is InChI=1S/C17H22N4O2S/c1-11-6-7-24-14(11)9-18-17(23)13-4-5-15(22)21(3)16(13)12-8-19-20(2)10-12/h6-8,10,13,16H,4-5,9H2,1-3H3,(H,18,23)/t13-,16-/m1/s1. The molecule has 7 heteroatoms. The summed E-state index contributed by atoms with van der Waals surface area (Å²) in [4.78, 5) is 27.7. The van der Waals surface area contributed by atoms with Crippen LogP contribution in [0.5, 0.6) is 0 Å². The van der Waals surface area contributed by atoms with Gasteiger partial charge in [-0.3, -0.25) is 14.3 Å². The summed E-state index contributed by atoms with van der Waals surface area (Å²) in [6, 6.07) is 1.79. The topological polar surface area (TPSA) is 67.2 Å². The van der Waals surface area contributed by atoms with E-state index in [0.717, 1.165) is 5.56 Å². The molecule has 6 nitrogen and oxygen atoms in total. The molecule has 0 aromatic carbocycles. The van der Waals surface area contributed by atoms with Gasteiger partial charge >= 0.3 is 0 Å². The van der Waals surface area contributed by atoms with E-state index in [0.29, 0.717) is 19.4 Å². The molecule has 0 radical (unpaired) electrons. The number of hydrogen-bond acceptors (Lipinski definition) is 4. The molecule has 2 amide bonds. The van der Waals surface area contributed by atoms with Gasteiger partial charge in [0.15, 0.2) is 0 Å². The van der Waals surface area contributed by atoms with Crippen molar-refractivity contribution in [3.63, 3.8) is 0 Å². The predicted molar refractivity (Wildman–Crippen MR) is 92.3 cm³/mol. The number of amides is 2. The lowest BCUT2D eigenvalue weighted by atomic mass is 9.85. The van der Waals surface area contributed by atoms with Gasteiger partial charge in [-0.15, -0.1) is 11.3 Å². The van der Waals surface area contributed by atoms with Crippen LogP contribution < -0.4 is 5.32 Å². The molecule has 2 atom stereocenters. The Kier molecular flexibility index (Phi) is 4.71. The Morgan fingerprint density at radius 1 is 1.46 bits per heavy atom. The molecule has 24 heavy (non-hydrogen) atoms. The molecule has 1 aliphatic rings. The van der Waals surface area contributed by atoms with Gasteiger partial charge in [0.1, 0.15) is 0 Å². The van der Waals surface area contributed by atoms with E-state index >= 15 is 0 Å². The van der Waals surface area contributed by atoms with Gasteiger partial charge < -0.3 is 10.2 Å². The molecule has 2 aromatic heterocycles. The Morgan fingerprint density at radius 2 is 2.25 bits per heavy atom. The zero-order chi connectivity index (χ0) is 17.3. The van der Waals surface area contributed by atoms with Crippen molar-refractivity contribution >= 4 is 23.2 Å². The number of piperidine rings is 1. The molecular formula is C17H22N4O2S. The maximum absolute atomic E-state index is 12.8. The lowest BCUT2D eigenvalue weighted by molar-refractivity contribution is -0.141. The van der Waals surface area contributed by atoms with Crippen LogP contribution in [0.2, 0.25) is 0 Å². The van der Waals surface area contributed by atoms with Crippen LogP contribution in [0.15, 0.2) is 23.8 Å². The van der Waals surface area contributed by atoms with E-state index in [2.05, 4.69) is 16.5 Å². The lowest BCUT2D eigenvalue weighted by Crippen LogP contribution is -2.46. The normalized spacial score (nSPS) is 21.1. The fraction of sp³-hybridized carbons (Fsp3) is 0.471. The van der Waals surface area contributed by atoms with Crippen LogP contribution in [0.4, 0.5) is 0 Å². The van der Waals surface area contributed by atoms with Crippen LogP contribution in [0.3, 0.4) is 0 Å². The van der Waals surface area contributed by atoms with Gasteiger partial charge in [-0.05, 0) is 30.4 Å². The van der Waals surface area contributed by atoms with Crippen LogP contribution in [0.1, 0.15) is 34.9 Å². The molecule has 1 fully saturated rings. The molecule has 1 aliphatic heterocycles. The van der Waals surface area contributed by atoms with Crippen molar-refractivity contribution in [1.29, 1.82) is 0 Å². The SMILES string of the molecule is Cc1ccsc1CNC(=O)[C@@H]1CCC(=O)N(C)[C@@H]1c1cnn(C)c1. The van der Waals surface area contributed by atoms with E-state index in [9.17, 15) is 9.59 Å². The average Bonchev–Trinajstić information content (AvgIpc) is 3.16. The number of aromatic nitrogens is 2. The third kappa shape index (κ3) is 3.21. The van der Waals surface area contributed by atoms with Crippen LogP contribution in [-0.4, -0.2) is 33.5 Å². The van der Waals surface area contributed by atoms with Crippen LogP contribution in [-0.2, 0) is 23.2 Å². The predicted octanol–water partition coefficient (Wildman–Crippen LogP) is 2.02. The summed E-state index contributed by atoms with van der Waals surface area (Å²) in [7, 11) is 3.60. The minimum absolute atomic E-state index is 0.00370. The van der Waals surface area contributed by atoms with E-state index in [1.54, 1.807) is 34.2 Å². The summed E-state index contributed by atoms with van der Waals surface area (Å²) in [5.74, 6) is -0.185. The first kappa shape index (κ1) is 16.7. The number of carbonyl (C=O) groups excluding carboxylic acids is 2. The van der Waals surface area contributed by atoms with Crippen LogP contribution in [0, 0.1) is 12.8 Å². The van der Waals surface area contributed by atoms with E-state index in [1.165, 1.54) is 10.4 Å². The van der Waals surface area contributed by atoms with Gasteiger partial charge in [-0.25, -0.2) is 0 Å². The fourth-order valence-corrected chi connectivity index (χ4v) is 4.09. The monoisotopic (exact) mass is 346 g/mol. The zero-order valence-electron chi connectivity index (χ0n) is 14.2. The van der Waals surface area contributed by atoms with Gasteiger partial charge in [-0.2, -0.15) is 5.10 Å². The quantitative estimate of drug-likeness (QED) is 0.921. The number of hydrogen-bond donors (Lipinski definition) is 1. The minimum Gasteiger partial charge on any atom is -0.351 e. The van der Waals surface area contributed by atoms with E-state index in [4.69, 9.17) is 0 Å². The van der Waals surface area contributed by atoms with Gasteiger partial charge in [0, 0.05) is 37.2 Å². The fourth-order valence-electron chi connectivity index (χ4n) is 3.25. The smallest absolute Gasteiger partial charge is 0.225 e. The molecule has 3 heterocycles. The Morgan fingerprint density at radius 3 is 2.88 bits per heavy atom. The zero-order valence-corrected chi connectivity index (χ0v) is 15.0. The molecular weight excluding hydrogens is 324 g/mol. The maximum Gasteiger partial charge on any atom is 0.225 e. The number of carbonyl (C=O) groups is 2. The highest BCUT2D eigenvalue weighted by molar-refractivity contribution is 7.10. The largest absolute Gasteiger partial charge is 0.351 e. The van der Waals surface area contributed by atoms with E-state index in [-0.39, 0.29) is 23.8 Å². The summed E-state index contributed by atoms with van der Waals surface area (Å²) in [5.41, 5.74) is 2.10. The van der Waals surface area contributed by atoms with Crippen molar-refractivity contribution < 1.29 is 9.59 Å². The summed E-state index contributed by atoms with van der Waals surface area (Å²) >= 11 is 1.65. The highest BCUT2D eigenvalue weighted by Crippen LogP contribution is 2.35. The molecule has 1 saturated heterocycles. The van der Waals surface area contributed by atoms with E-state index < -0.39 is 0 Å². The number of aryl methyl sites for hydroxylation is 2. The van der Waals surface area contributed by atoms with Crippen molar-refractivity contribution in [2.75, 3.05) is 7.05 Å². The van der Waals surface area contributed by atoms with Crippen molar-refractivity contribution in [3.05, 3.63) is 39.8 Å². The number of nitrogens with zero attached hydrogens (tertiary/aromatic N) is 3. The molecule has 3 rings (SSSR count). The van der Waals surface area contributed by atoms with Gasteiger partial charge in [-0.1, -0.05) is 0 Å². The van der Waals surface area contributed by atoms with Gasteiger partial charge in [0.2, 0.25) is 11.8 Å². The lowest BCUT2D eigenvalue weighted by Gasteiger charge is -2.37. The van der Waals surface area contributed by atoms with Gasteiger partial charge in [0.05, 0.1) is 24.7 Å². The Bertz CT molecular complexity index is 751. The molecule has 0 unspecified atom stereocenters. The second-order valence-electron chi connectivity index (χ2n) is 6.29. The van der Waals surface area contributed by atoms with Crippen molar-refractivity contribution in [2.24, 2.45) is 13.0 Å². The summed E-state index contributed by atoms with van der Waals surface area (Å²) in [6.07, 6.45) is 4.59. The third-order valence-electron chi connectivity index (χ3n) is 4.66. The number of rotatable bonds is 4. The molecule has 0 spiro atoms.